The van der Waals surface area contributed by atoms with E-state index in [0.29, 0.717) is 11.3 Å². The number of phenolic OH excluding ortho intramolecular Hbond substituents is 2. The predicted molar refractivity (Wildman–Crippen MR) is 111 cm³/mol. The second-order valence-corrected chi connectivity index (χ2v) is 7.78. The molecule has 28 heavy (non-hydrogen) atoms. The van der Waals surface area contributed by atoms with Gasteiger partial charge < -0.3 is 15.1 Å². The Balaban J connectivity index is 1.57. The Morgan fingerprint density at radius 3 is 2.61 bits per heavy atom. The van der Waals surface area contributed by atoms with Crippen molar-refractivity contribution in [1.82, 2.24) is 15.1 Å². The van der Waals surface area contributed by atoms with Crippen LogP contribution >= 0.6 is 11.6 Å². The Bertz CT molecular complexity index is 998. The molecule has 0 unspecified atom stereocenters. The van der Waals surface area contributed by atoms with Crippen LogP contribution in [0.4, 0.5) is 5.69 Å². The van der Waals surface area contributed by atoms with E-state index in [1.807, 2.05) is 14.1 Å². The molecule has 3 aromatic rings. The molecule has 6 nitrogen and oxygen atoms in total. The zero-order chi connectivity index (χ0) is 19.8. The molecule has 2 heterocycles. The van der Waals surface area contributed by atoms with Crippen LogP contribution in [-0.2, 0) is 19.5 Å². The third-order valence-electron chi connectivity index (χ3n) is 5.19. The van der Waals surface area contributed by atoms with E-state index in [9.17, 15) is 10.2 Å². The first-order valence-corrected chi connectivity index (χ1v) is 9.56. The topological polar surface area (TPSA) is 75.6 Å². The van der Waals surface area contributed by atoms with Crippen molar-refractivity contribution in [3.8, 4) is 22.8 Å². The zero-order valence-electron chi connectivity index (χ0n) is 15.9. The van der Waals surface area contributed by atoms with Crippen molar-refractivity contribution in [3.05, 3.63) is 58.2 Å². The van der Waals surface area contributed by atoms with Crippen LogP contribution in [0.3, 0.4) is 0 Å². The minimum Gasteiger partial charge on any atom is -0.507 e. The number of aromatic nitrogens is 2. The smallest absolute Gasteiger partial charge is 0.137 e. The number of aromatic amines is 1. The lowest BCUT2D eigenvalue weighted by atomic mass is 9.99. The van der Waals surface area contributed by atoms with Crippen LogP contribution in [0.2, 0.25) is 5.02 Å². The van der Waals surface area contributed by atoms with Crippen LogP contribution in [0, 0.1) is 0 Å². The van der Waals surface area contributed by atoms with Gasteiger partial charge in [-0.2, -0.15) is 5.10 Å². The van der Waals surface area contributed by atoms with E-state index in [2.05, 4.69) is 44.3 Å². The minimum atomic E-state index is -0.143. The summed E-state index contributed by atoms with van der Waals surface area (Å²) < 4.78 is 0. The van der Waals surface area contributed by atoms with Gasteiger partial charge in [0, 0.05) is 68.7 Å². The average molecular weight is 399 g/mol. The molecule has 0 saturated carbocycles. The maximum absolute atomic E-state index is 10.3. The van der Waals surface area contributed by atoms with Crippen LogP contribution in [0.15, 0.2) is 36.4 Å². The fraction of sp³-hybridized carbons (Fsp3) is 0.286. The van der Waals surface area contributed by atoms with E-state index < -0.39 is 0 Å². The third kappa shape index (κ3) is 3.53. The van der Waals surface area contributed by atoms with E-state index >= 15 is 0 Å². The van der Waals surface area contributed by atoms with E-state index in [4.69, 9.17) is 11.6 Å². The van der Waals surface area contributed by atoms with Crippen molar-refractivity contribution in [1.29, 1.82) is 0 Å². The highest BCUT2D eigenvalue weighted by atomic mass is 35.5. The second kappa shape index (κ2) is 7.37. The lowest BCUT2D eigenvalue weighted by molar-refractivity contribution is 0.245. The van der Waals surface area contributed by atoms with Gasteiger partial charge in [0.15, 0.2) is 0 Å². The van der Waals surface area contributed by atoms with E-state index in [0.717, 1.165) is 37.3 Å². The van der Waals surface area contributed by atoms with Gasteiger partial charge in [0.25, 0.3) is 0 Å². The molecule has 3 N–H and O–H groups in total. The van der Waals surface area contributed by atoms with Crippen molar-refractivity contribution < 1.29 is 10.2 Å². The molecule has 1 aromatic heterocycles. The number of halogens is 1. The standard InChI is InChI=1S/C21H23ClN4O2/c1-25(2)14-5-3-13(4-6-14)11-26-8-7-18-16(12-26)21(24-23-18)15-9-17(22)20(28)10-19(15)27/h3-6,9-10,27-28H,7-8,11-12H2,1-2H3,(H,23,24). The fourth-order valence-electron chi connectivity index (χ4n) is 3.61. The largest absolute Gasteiger partial charge is 0.507 e. The van der Waals surface area contributed by atoms with Gasteiger partial charge in [-0.15, -0.1) is 0 Å². The number of nitrogens with one attached hydrogen (secondary N) is 1. The Labute approximate surface area is 169 Å². The van der Waals surface area contributed by atoms with Gasteiger partial charge in [-0.05, 0) is 23.8 Å². The van der Waals surface area contributed by atoms with Gasteiger partial charge in [0.05, 0.1) is 5.02 Å². The third-order valence-corrected chi connectivity index (χ3v) is 5.49. The lowest BCUT2D eigenvalue weighted by Gasteiger charge is -2.27. The SMILES string of the molecule is CN(C)c1ccc(CN2CCc3[nH]nc(-c4cc(Cl)c(O)cc4O)c3C2)cc1. The number of phenols is 2. The fourth-order valence-corrected chi connectivity index (χ4v) is 3.77. The van der Waals surface area contributed by atoms with Gasteiger partial charge in [-0.3, -0.25) is 10.00 Å². The first kappa shape index (κ1) is 18.7. The summed E-state index contributed by atoms with van der Waals surface area (Å²) in [7, 11) is 4.07. The summed E-state index contributed by atoms with van der Waals surface area (Å²) in [5.74, 6) is -0.178. The Hall–Kier alpha value is -2.70. The van der Waals surface area contributed by atoms with Crippen LogP contribution < -0.4 is 4.90 Å². The quantitative estimate of drug-likeness (QED) is 0.623. The van der Waals surface area contributed by atoms with Gasteiger partial charge in [0.2, 0.25) is 0 Å². The number of hydrogen-bond donors (Lipinski definition) is 3. The highest BCUT2D eigenvalue weighted by Gasteiger charge is 2.24. The molecular weight excluding hydrogens is 376 g/mol. The normalized spacial score (nSPS) is 14.1. The van der Waals surface area contributed by atoms with Crippen molar-refractivity contribution in [2.75, 3.05) is 25.5 Å². The second-order valence-electron chi connectivity index (χ2n) is 7.37. The Morgan fingerprint density at radius 2 is 1.89 bits per heavy atom. The first-order chi connectivity index (χ1) is 13.4. The number of H-pyrrole nitrogens is 1. The van der Waals surface area contributed by atoms with Crippen LogP contribution in [0.5, 0.6) is 11.5 Å². The molecule has 4 rings (SSSR count). The number of aromatic hydroxyl groups is 2. The highest BCUT2D eigenvalue weighted by Crippen LogP contribution is 2.39. The number of anilines is 1. The predicted octanol–water partition coefficient (Wildman–Crippen LogP) is 3.77. The molecule has 2 aromatic carbocycles. The van der Waals surface area contributed by atoms with Crippen molar-refractivity contribution in [2.24, 2.45) is 0 Å². The molecule has 146 valence electrons. The summed E-state index contributed by atoms with van der Waals surface area (Å²) in [6.07, 6.45) is 0.866. The number of fused-ring (bicyclic) bond motifs is 1. The van der Waals surface area contributed by atoms with Crippen LogP contribution in [0.1, 0.15) is 16.8 Å². The Morgan fingerprint density at radius 1 is 1.14 bits per heavy atom. The summed E-state index contributed by atoms with van der Waals surface area (Å²) in [5.41, 5.74) is 5.79. The van der Waals surface area contributed by atoms with Crippen molar-refractivity contribution >= 4 is 17.3 Å². The average Bonchev–Trinajstić information content (AvgIpc) is 3.08. The zero-order valence-corrected chi connectivity index (χ0v) is 16.7. The van der Waals surface area contributed by atoms with Gasteiger partial charge in [-0.25, -0.2) is 0 Å². The summed E-state index contributed by atoms with van der Waals surface area (Å²) in [5, 5.41) is 27.7. The highest BCUT2D eigenvalue weighted by molar-refractivity contribution is 6.32. The van der Waals surface area contributed by atoms with Crippen LogP contribution in [-0.4, -0.2) is 46.0 Å². The number of rotatable bonds is 4. The van der Waals surface area contributed by atoms with Crippen molar-refractivity contribution in [3.63, 3.8) is 0 Å². The van der Waals surface area contributed by atoms with E-state index in [-0.39, 0.29) is 16.5 Å². The molecule has 0 spiro atoms. The first-order valence-electron chi connectivity index (χ1n) is 9.19. The summed E-state index contributed by atoms with van der Waals surface area (Å²) in [4.78, 5) is 4.45. The van der Waals surface area contributed by atoms with Crippen LogP contribution in [0.25, 0.3) is 11.3 Å². The molecular formula is C21H23ClN4O2. The molecule has 7 heteroatoms. The molecule has 0 atom stereocenters. The number of benzene rings is 2. The van der Waals surface area contributed by atoms with E-state index in [1.165, 1.54) is 17.3 Å². The minimum absolute atomic E-state index is 0.0346. The molecule has 0 aliphatic carbocycles. The molecule has 1 aliphatic rings. The summed E-state index contributed by atoms with van der Waals surface area (Å²) >= 11 is 6.04. The summed E-state index contributed by atoms with van der Waals surface area (Å²) in [6, 6.07) is 11.4. The lowest BCUT2D eigenvalue weighted by Crippen LogP contribution is -2.30. The molecule has 1 aliphatic heterocycles. The monoisotopic (exact) mass is 398 g/mol. The van der Waals surface area contributed by atoms with Gasteiger partial charge in [-0.1, -0.05) is 23.7 Å². The van der Waals surface area contributed by atoms with Crippen molar-refractivity contribution in [2.45, 2.75) is 19.5 Å². The molecule has 0 amide bonds. The molecule has 0 bridgehead atoms. The van der Waals surface area contributed by atoms with Gasteiger partial charge >= 0.3 is 0 Å². The van der Waals surface area contributed by atoms with E-state index in [1.54, 1.807) is 6.07 Å². The molecule has 0 saturated heterocycles. The maximum atomic E-state index is 10.3. The Kier molecular flexibility index (Phi) is 4.91. The molecule has 0 radical (unpaired) electrons. The maximum Gasteiger partial charge on any atom is 0.137 e. The number of hydrogen-bond acceptors (Lipinski definition) is 5. The number of nitrogens with zero attached hydrogens (tertiary/aromatic N) is 3. The summed E-state index contributed by atoms with van der Waals surface area (Å²) in [6.45, 7) is 2.51. The molecule has 0 fully saturated rings. The van der Waals surface area contributed by atoms with Gasteiger partial charge in [0.1, 0.15) is 17.2 Å².